The molecule has 0 radical (unpaired) electrons. The van der Waals surface area contributed by atoms with Crippen LogP contribution in [0.15, 0.2) is 68.6 Å². The first-order chi connectivity index (χ1) is 12.8. The van der Waals surface area contributed by atoms with Gasteiger partial charge < -0.3 is 0 Å². The minimum atomic E-state index is -1.16. The number of thioether (sulfide) groups is 2. The van der Waals surface area contributed by atoms with Gasteiger partial charge in [0.1, 0.15) is 10.1 Å². The molecule has 0 amide bonds. The Bertz CT molecular complexity index is 746. The zero-order valence-corrected chi connectivity index (χ0v) is 15.7. The highest BCUT2D eigenvalue weighted by atomic mass is 32.2. The molecule has 0 aliphatic carbocycles. The van der Waals surface area contributed by atoms with Crippen molar-refractivity contribution >= 4 is 51.8 Å². The van der Waals surface area contributed by atoms with Crippen molar-refractivity contribution in [2.24, 2.45) is 20.0 Å². The van der Waals surface area contributed by atoms with E-state index in [1.165, 1.54) is 0 Å². The van der Waals surface area contributed by atoms with Crippen LogP contribution in [0.3, 0.4) is 0 Å². The summed E-state index contributed by atoms with van der Waals surface area (Å²) >= 11 is 3.19. The zero-order chi connectivity index (χ0) is 17.9. The Kier molecular flexibility index (Phi) is 4.91. The third-order valence-corrected chi connectivity index (χ3v) is 6.56. The molecule has 132 valence electrons. The standard InChI is InChI=1S/C19H18N4OS2/c24-15(18(16-20-11-13-25-16)7-3-1-5-9-22-18)19(17-21-12-14-26-17)8-4-2-6-10-23-19/h1-10H,11-14H2. The van der Waals surface area contributed by atoms with Gasteiger partial charge >= 0.3 is 0 Å². The molecule has 0 N–H and O–H groups in total. The number of carbonyl (C=O) groups excluding carboxylic acids is 1. The van der Waals surface area contributed by atoms with Crippen LogP contribution >= 0.6 is 23.5 Å². The van der Waals surface area contributed by atoms with Gasteiger partial charge in [0.05, 0.1) is 0 Å². The molecule has 0 aromatic rings. The van der Waals surface area contributed by atoms with Gasteiger partial charge in [0.15, 0.2) is 11.1 Å². The molecule has 4 aliphatic rings. The number of allylic oxidation sites excluding steroid dienone is 6. The number of ketones is 1. The monoisotopic (exact) mass is 382 g/mol. The predicted molar refractivity (Wildman–Crippen MR) is 114 cm³/mol. The van der Waals surface area contributed by atoms with Crippen LogP contribution in [0.4, 0.5) is 0 Å². The number of hydrogen-bond acceptors (Lipinski definition) is 7. The van der Waals surface area contributed by atoms with E-state index < -0.39 is 11.1 Å². The third-order valence-electron chi connectivity index (χ3n) is 4.36. The smallest absolute Gasteiger partial charge is 0.209 e. The number of carbonyl (C=O) groups is 1. The van der Waals surface area contributed by atoms with Crippen molar-refractivity contribution in [1.82, 2.24) is 0 Å². The van der Waals surface area contributed by atoms with E-state index in [0.29, 0.717) is 13.1 Å². The highest BCUT2D eigenvalue weighted by molar-refractivity contribution is 8.15. The molecule has 7 heteroatoms. The fourth-order valence-corrected chi connectivity index (χ4v) is 5.15. The molecule has 2 unspecified atom stereocenters. The van der Waals surface area contributed by atoms with Crippen LogP contribution in [0.25, 0.3) is 0 Å². The summed E-state index contributed by atoms with van der Waals surface area (Å²) in [5.41, 5.74) is -2.33. The molecule has 4 rings (SSSR count). The van der Waals surface area contributed by atoms with Crippen LogP contribution in [-0.4, -0.2) is 64.0 Å². The lowest BCUT2D eigenvalue weighted by molar-refractivity contribution is -0.122. The van der Waals surface area contributed by atoms with Gasteiger partial charge in [-0.25, -0.2) is 0 Å². The first kappa shape index (κ1) is 17.4. The van der Waals surface area contributed by atoms with E-state index in [4.69, 9.17) is 0 Å². The Morgan fingerprint density at radius 1 is 0.769 bits per heavy atom. The van der Waals surface area contributed by atoms with Gasteiger partial charge in [-0.2, -0.15) is 0 Å². The second-order valence-corrected chi connectivity index (χ2v) is 8.14. The van der Waals surface area contributed by atoms with Crippen LogP contribution in [0.5, 0.6) is 0 Å². The Morgan fingerprint density at radius 3 is 1.69 bits per heavy atom. The molecular formula is C19H18N4OS2. The first-order valence-corrected chi connectivity index (χ1v) is 10.4. The summed E-state index contributed by atoms with van der Waals surface area (Å²) < 4.78 is 0. The van der Waals surface area contributed by atoms with Gasteiger partial charge in [-0.05, 0) is 24.3 Å². The predicted octanol–water partition coefficient (Wildman–Crippen LogP) is 2.72. The number of nitrogens with zero attached hydrogens (tertiary/aromatic N) is 4. The lowest BCUT2D eigenvalue weighted by Gasteiger charge is -2.33. The molecule has 26 heavy (non-hydrogen) atoms. The Balaban J connectivity index is 1.88. The van der Waals surface area contributed by atoms with Gasteiger partial charge in [-0.15, -0.1) is 23.5 Å². The van der Waals surface area contributed by atoms with Crippen molar-refractivity contribution in [2.75, 3.05) is 24.6 Å². The molecule has 0 saturated carbocycles. The van der Waals surface area contributed by atoms with Gasteiger partial charge in [0.2, 0.25) is 5.78 Å². The van der Waals surface area contributed by atoms with Crippen LogP contribution in [-0.2, 0) is 4.79 Å². The van der Waals surface area contributed by atoms with Gasteiger partial charge in [-0.1, -0.05) is 24.3 Å². The summed E-state index contributed by atoms with van der Waals surface area (Å²) in [5, 5.41) is 1.48. The average Bonchev–Trinajstić information content (AvgIpc) is 3.29. The van der Waals surface area contributed by atoms with E-state index in [2.05, 4.69) is 20.0 Å². The second-order valence-electron chi connectivity index (χ2n) is 5.98. The summed E-state index contributed by atoms with van der Waals surface area (Å²) in [5.74, 6) is 1.60. The molecule has 4 aliphatic heterocycles. The second kappa shape index (κ2) is 7.32. The summed E-state index contributed by atoms with van der Waals surface area (Å²) in [4.78, 5) is 32.6. The van der Waals surface area contributed by atoms with E-state index >= 15 is 0 Å². The minimum Gasteiger partial charge on any atom is -0.292 e. The average molecular weight is 383 g/mol. The Hall–Kier alpha value is -1.99. The largest absolute Gasteiger partial charge is 0.292 e. The van der Waals surface area contributed by atoms with Crippen LogP contribution < -0.4 is 0 Å². The summed E-state index contributed by atoms with van der Waals surface area (Å²) in [7, 11) is 0. The lowest BCUT2D eigenvalue weighted by Crippen LogP contribution is -2.55. The summed E-state index contributed by atoms with van der Waals surface area (Å²) in [6, 6.07) is 0. The topological polar surface area (TPSA) is 66.5 Å². The maximum atomic E-state index is 14.1. The fourth-order valence-electron chi connectivity index (χ4n) is 3.16. The summed E-state index contributed by atoms with van der Waals surface area (Å²) in [6.07, 6.45) is 18.2. The Morgan fingerprint density at radius 2 is 1.27 bits per heavy atom. The van der Waals surface area contributed by atoms with Crippen molar-refractivity contribution in [3.63, 3.8) is 0 Å². The van der Waals surface area contributed by atoms with Gasteiger partial charge in [0, 0.05) is 37.0 Å². The Labute approximate surface area is 161 Å². The van der Waals surface area contributed by atoms with Crippen molar-refractivity contribution in [1.29, 1.82) is 0 Å². The number of aliphatic imine (C=N–C) groups is 4. The first-order valence-electron chi connectivity index (χ1n) is 8.48. The quantitative estimate of drug-likeness (QED) is 0.751. The molecule has 5 nitrogen and oxygen atoms in total. The maximum absolute atomic E-state index is 14.1. The molecular weight excluding hydrogens is 364 g/mol. The molecule has 0 aromatic heterocycles. The third kappa shape index (κ3) is 2.89. The van der Waals surface area contributed by atoms with Crippen LogP contribution in [0, 0.1) is 0 Å². The van der Waals surface area contributed by atoms with E-state index in [1.54, 1.807) is 36.0 Å². The fraction of sp³-hybridized carbons (Fsp3) is 0.316. The van der Waals surface area contributed by atoms with Crippen molar-refractivity contribution in [2.45, 2.75) is 11.1 Å². The molecule has 0 aromatic carbocycles. The molecule has 0 spiro atoms. The van der Waals surface area contributed by atoms with E-state index in [1.807, 2.05) is 48.6 Å². The summed E-state index contributed by atoms with van der Waals surface area (Å²) in [6.45, 7) is 1.41. The number of rotatable bonds is 4. The minimum absolute atomic E-state index is 0.126. The maximum Gasteiger partial charge on any atom is 0.209 e. The molecule has 0 bridgehead atoms. The number of hydrogen-bond donors (Lipinski definition) is 0. The van der Waals surface area contributed by atoms with Crippen molar-refractivity contribution < 1.29 is 4.79 Å². The zero-order valence-electron chi connectivity index (χ0n) is 14.1. The van der Waals surface area contributed by atoms with Crippen molar-refractivity contribution in [3.8, 4) is 0 Å². The van der Waals surface area contributed by atoms with E-state index in [9.17, 15) is 4.79 Å². The highest BCUT2D eigenvalue weighted by Crippen LogP contribution is 2.38. The molecule has 2 atom stereocenters. The molecule has 0 saturated heterocycles. The van der Waals surface area contributed by atoms with Gasteiger partial charge in [-0.3, -0.25) is 24.8 Å². The van der Waals surface area contributed by atoms with Crippen LogP contribution in [0.2, 0.25) is 0 Å². The SMILES string of the molecule is O=C(C1(C2=NCCS2)C=CC=CC=N1)C1(C2=NCCS2)C=CC=CC=N1. The van der Waals surface area contributed by atoms with E-state index in [0.717, 1.165) is 21.6 Å². The number of Topliss-reactive ketones (excluding diaryl/α,β-unsaturated/α-hetero) is 1. The van der Waals surface area contributed by atoms with Gasteiger partial charge in [0.25, 0.3) is 0 Å². The molecule has 0 fully saturated rings. The molecule has 4 heterocycles. The van der Waals surface area contributed by atoms with Crippen LogP contribution in [0.1, 0.15) is 0 Å². The highest BCUT2D eigenvalue weighted by Gasteiger charge is 2.54. The lowest BCUT2D eigenvalue weighted by atomic mass is 9.81. The van der Waals surface area contributed by atoms with E-state index in [-0.39, 0.29) is 5.78 Å². The van der Waals surface area contributed by atoms with Crippen molar-refractivity contribution in [3.05, 3.63) is 48.6 Å². The normalized spacial score (nSPS) is 32.5.